The molecular weight excluding hydrogens is 399 g/mol. The molecular formula is C20H34F3N5S. The smallest absolute Gasteiger partial charge is 0.357 e. The third kappa shape index (κ3) is 7.77. The summed E-state index contributed by atoms with van der Waals surface area (Å²) in [5.74, 6) is 1.04. The van der Waals surface area contributed by atoms with Crippen molar-refractivity contribution in [2.24, 2.45) is 10.9 Å². The Morgan fingerprint density at radius 1 is 1.34 bits per heavy atom. The number of nitrogens with zero attached hydrogens (tertiary/aromatic N) is 4. The van der Waals surface area contributed by atoms with E-state index in [2.05, 4.69) is 36.4 Å². The number of aromatic nitrogens is 1. The number of thiazole rings is 1. The highest BCUT2D eigenvalue weighted by Gasteiger charge is 2.33. The van der Waals surface area contributed by atoms with Gasteiger partial charge < -0.3 is 10.2 Å². The fourth-order valence-corrected chi connectivity index (χ4v) is 4.34. The van der Waals surface area contributed by atoms with E-state index >= 15 is 0 Å². The zero-order valence-electron chi connectivity index (χ0n) is 18.1. The Hall–Kier alpha value is -1.35. The zero-order valence-corrected chi connectivity index (χ0v) is 19.0. The van der Waals surface area contributed by atoms with Crippen LogP contribution in [0.1, 0.15) is 51.7 Å². The minimum atomic E-state index is -4.15. The molecule has 1 atom stereocenters. The van der Waals surface area contributed by atoms with Gasteiger partial charge in [0.2, 0.25) is 0 Å². The van der Waals surface area contributed by atoms with Crippen molar-refractivity contribution in [3.05, 3.63) is 16.1 Å². The van der Waals surface area contributed by atoms with Crippen LogP contribution >= 0.6 is 11.3 Å². The van der Waals surface area contributed by atoms with Crippen molar-refractivity contribution in [2.75, 3.05) is 39.3 Å². The predicted octanol–water partition coefficient (Wildman–Crippen LogP) is 4.11. The number of hydrogen-bond acceptors (Lipinski definition) is 4. The van der Waals surface area contributed by atoms with Crippen LogP contribution < -0.4 is 5.32 Å². The molecule has 5 nitrogen and oxygen atoms in total. The van der Waals surface area contributed by atoms with E-state index < -0.39 is 12.7 Å². The number of hydrogen-bond donors (Lipinski definition) is 1. The van der Waals surface area contributed by atoms with Gasteiger partial charge in [-0.05, 0) is 25.8 Å². The minimum absolute atomic E-state index is 0.0205. The lowest BCUT2D eigenvalue weighted by Gasteiger charge is -2.26. The second-order valence-corrected chi connectivity index (χ2v) is 9.53. The summed E-state index contributed by atoms with van der Waals surface area (Å²) in [5.41, 5.74) is 1.09. The molecule has 0 spiro atoms. The largest absolute Gasteiger partial charge is 0.401 e. The predicted molar refractivity (Wildman–Crippen MR) is 113 cm³/mol. The number of halogens is 3. The Bertz CT molecular complexity index is 666. The monoisotopic (exact) mass is 433 g/mol. The fraction of sp³-hybridized carbons (Fsp3) is 0.800. The molecule has 166 valence electrons. The van der Waals surface area contributed by atoms with Crippen LogP contribution in [0, 0.1) is 5.92 Å². The number of guanidine groups is 1. The van der Waals surface area contributed by atoms with Gasteiger partial charge in [-0.15, -0.1) is 11.3 Å². The Morgan fingerprint density at radius 3 is 2.62 bits per heavy atom. The number of rotatable bonds is 7. The van der Waals surface area contributed by atoms with Crippen LogP contribution in [0.2, 0.25) is 0 Å². The highest BCUT2D eigenvalue weighted by atomic mass is 32.1. The maximum absolute atomic E-state index is 12.7. The molecule has 9 heteroatoms. The van der Waals surface area contributed by atoms with E-state index in [4.69, 9.17) is 9.98 Å². The molecule has 0 aromatic carbocycles. The van der Waals surface area contributed by atoms with Crippen molar-refractivity contribution in [2.45, 2.75) is 59.2 Å². The fourth-order valence-electron chi connectivity index (χ4n) is 3.39. The molecule has 1 N–H and O–H groups in total. The zero-order chi connectivity index (χ0) is 21.7. The average Bonchev–Trinajstić information content (AvgIpc) is 3.26. The van der Waals surface area contributed by atoms with Gasteiger partial charge in [-0.1, -0.05) is 27.7 Å². The molecule has 1 aliphatic heterocycles. The molecule has 1 fully saturated rings. The summed E-state index contributed by atoms with van der Waals surface area (Å²) >= 11 is 1.62. The first-order valence-electron chi connectivity index (χ1n) is 10.3. The lowest BCUT2D eigenvalue weighted by molar-refractivity contribution is -0.146. The SMILES string of the molecule is CCNC(=NCc1nc(C(C)(C)C)cs1)N1CCC(CN(CC)CC(F)(F)F)C1. The van der Waals surface area contributed by atoms with Crippen molar-refractivity contribution in [1.29, 1.82) is 0 Å². The van der Waals surface area contributed by atoms with Gasteiger partial charge >= 0.3 is 6.18 Å². The molecule has 1 aliphatic rings. The molecule has 0 bridgehead atoms. The number of nitrogens with one attached hydrogen (secondary N) is 1. The van der Waals surface area contributed by atoms with E-state index in [0.717, 1.165) is 42.7 Å². The van der Waals surface area contributed by atoms with Crippen LogP contribution in [0.5, 0.6) is 0 Å². The van der Waals surface area contributed by atoms with Gasteiger partial charge in [0.25, 0.3) is 0 Å². The summed E-state index contributed by atoms with van der Waals surface area (Å²) in [6.45, 7) is 13.1. The van der Waals surface area contributed by atoms with Crippen molar-refractivity contribution >= 4 is 17.3 Å². The van der Waals surface area contributed by atoms with Crippen molar-refractivity contribution in [3.63, 3.8) is 0 Å². The van der Waals surface area contributed by atoms with E-state index in [1.54, 1.807) is 18.3 Å². The van der Waals surface area contributed by atoms with Gasteiger partial charge in [0.15, 0.2) is 5.96 Å². The lowest BCUT2D eigenvalue weighted by Crippen LogP contribution is -2.41. The number of aliphatic imine (C=N–C) groups is 1. The van der Waals surface area contributed by atoms with E-state index in [1.165, 1.54) is 4.90 Å². The van der Waals surface area contributed by atoms with Crippen molar-refractivity contribution in [1.82, 2.24) is 20.1 Å². The van der Waals surface area contributed by atoms with Crippen molar-refractivity contribution < 1.29 is 13.2 Å². The molecule has 1 aromatic heterocycles. The van der Waals surface area contributed by atoms with Gasteiger partial charge in [0, 0.05) is 37.0 Å². The normalized spacial score (nSPS) is 18.7. The quantitative estimate of drug-likeness (QED) is 0.519. The molecule has 0 radical (unpaired) electrons. The summed E-state index contributed by atoms with van der Waals surface area (Å²) < 4.78 is 38.2. The minimum Gasteiger partial charge on any atom is -0.357 e. The highest BCUT2D eigenvalue weighted by molar-refractivity contribution is 7.09. The number of likely N-dealkylation sites (tertiary alicyclic amines) is 1. The molecule has 1 saturated heterocycles. The summed E-state index contributed by atoms with van der Waals surface area (Å²) in [6.07, 6.45) is -3.27. The molecule has 1 unspecified atom stereocenters. The maximum Gasteiger partial charge on any atom is 0.401 e. The first-order valence-corrected chi connectivity index (χ1v) is 11.2. The van der Waals surface area contributed by atoms with E-state index in [9.17, 15) is 13.2 Å². The lowest BCUT2D eigenvalue weighted by atomic mass is 9.93. The van der Waals surface area contributed by atoms with E-state index in [1.807, 2.05) is 6.92 Å². The third-order valence-corrected chi connectivity index (χ3v) is 5.80. The molecule has 0 aliphatic carbocycles. The van der Waals surface area contributed by atoms with Crippen LogP contribution in [0.25, 0.3) is 0 Å². The van der Waals surface area contributed by atoms with Gasteiger partial charge in [0.05, 0.1) is 18.8 Å². The van der Waals surface area contributed by atoms with Crippen LogP contribution in [0.4, 0.5) is 13.2 Å². The van der Waals surface area contributed by atoms with E-state index in [0.29, 0.717) is 19.6 Å². The van der Waals surface area contributed by atoms with Gasteiger partial charge in [-0.25, -0.2) is 9.98 Å². The summed E-state index contributed by atoms with van der Waals surface area (Å²) in [7, 11) is 0. The van der Waals surface area contributed by atoms with Crippen LogP contribution in [-0.2, 0) is 12.0 Å². The number of alkyl halides is 3. The molecule has 29 heavy (non-hydrogen) atoms. The summed E-state index contributed by atoms with van der Waals surface area (Å²) in [4.78, 5) is 13.1. The molecule has 2 heterocycles. The topological polar surface area (TPSA) is 43.8 Å². The molecule has 0 saturated carbocycles. The first kappa shape index (κ1) is 23.9. The Balaban J connectivity index is 1.97. The standard InChI is InChI=1S/C20H34F3N5S/c1-6-24-18(25-10-17-26-16(13-29-17)19(3,4)5)28-9-8-15(12-28)11-27(7-2)14-20(21,22)23/h13,15H,6-12,14H2,1-5H3,(H,24,25). The Morgan fingerprint density at radius 2 is 2.07 bits per heavy atom. The second-order valence-electron chi connectivity index (χ2n) is 8.59. The molecule has 2 rings (SSSR count). The van der Waals surface area contributed by atoms with Crippen LogP contribution in [-0.4, -0.2) is 66.2 Å². The molecule has 1 aromatic rings. The highest BCUT2D eigenvalue weighted by Crippen LogP contribution is 2.25. The van der Waals surface area contributed by atoms with Crippen molar-refractivity contribution in [3.8, 4) is 0 Å². The van der Waals surface area contributed by atoms with E-state index in [-0.39, 0.29) is 11.3 Å². The van der Waals surface area contributed by atoms with Gasteiger partial charge in [0.1, 0.15) is 5.01 Å². The maximum atomic E-state index is 12.7. The van der Waals surface area contributed by atoms with Crippen LogP contribution in [0.3, 0.4) is 0 Å². The van der Waals surface area contributed by atoms with Gasteiger partial charge in [-0.3, -0.25) is 4.90 Å². The average molecular weight is 434 g/mol. The second kappa shape index (κ2) is 10.1. The third-order valence-electron chi connectivity index (χ3n) is 4.97. The Kier molecular flexibility index (Phi) is 8.34. The summed E-state index contributed by atoms with van der Waals surface area (Å²) in [6, 6.07) is 0. The molecule has 0 amide bonds. The summed E-state index contributed by atoms with van der Waals surface area (Å²) in [5, 5.41) is 6.38. The van der Waals surface area contributed by atoms with Crippen LogP contribution in [0.15, 0.2) is 10.4 Å². The first-order chi connectivity index (χ1) is 13.5. The van der Waals surface area contributed by atoms with Gasteiger partial charge in [-0.2, -0.15) is 13.2 Å². The Labute approximate surface area is 176 Å².